The number of rotatable bonds is 39. The molecule has 0 spiro atoms. The summed E-state index contributed by atoms with van der Waals surface area (Å²) in [4.78, 5) is 222. The van der Waals surface area contributed by atoms with Gasteiger partial charge in [0, 0.05) is 189 Å². The second-order valence-electron chi connectivity index (χ2n) is 25.8. The zero-order chi connectivity index (χ0) is 76.3. The van der Waals surface area contributed by atoms with E-state index in [-0.39, 0.29) is 196 Å². The number of nitrogens with one attached hydrogen (secondary N) is 7. The van der Waals surface area contributed by atoms with Crippen LogP contribution in [0.2, 0.25) is 0 Å². The number of aldehydes is 4. The van der Waals surface area contributed by atoms with Crippen LogP contribution in [0.25, 0.3) is 0 Å². The Morgan fingerprint density at radius 1 is 0.301 bits per heavy atom. The molecule has 3 fully saturated rings. The van der Waals surface area contributed by atoms with Gasteiger partial charge < -0.3 is 81.9 Å². The van der Waals surface area contributed by atoms with Crippen molar-refractivity contribution < 1.29 is 102 Å². The van der Waals surface area contributed by atoms with Gasteiger partial charge in [-0.05, 0) is 20.8 Å². The molecule has 0 radical (unpaired) electrons. The lowest BCUT2D eigenvalue weighted by molar-refractivity contribution is -0.140. The van der Waals surface area contributed by atoms with Gasteiger partial charge >= 0.3 is 29.8 Å². The Hall–Kier alpha value is -8.16. The van der Waals surface area contributed by atoms with Gasteiger partial charge in [-0.1, -0.05) is 0 Å². The molecule has 3 aliphatic heterocycles. The number of carboxylic acid groups (broad SMARTS) is 5. The standard InChI is InChI=1S/C63H109N19O21/c1-49(80-22-16-72(29-33-84)5-4-71(28-32-83)6-11-77(19-25-80)41-57(95)96)60(101)65-36-52(88)68-45-63(44-64-48-87,46-69-53(89)37-66-61(102)50(2)81-23-17-73(30-34-85)7-9-75(39-55(91)92)12-14-78(20-26-81)42-58(97)98)47-70-54(90)38-67-62(103)51(3)82-24-18-74(31-35-86)8-10-76(40-56(93)94)13-15-79(21-27-82)43-59(99)100/h32-35,48-51H,4-31,36-47H2,1-3H3,(H,64,87)(H,65,101)(H,66,102)(H,67,103)(H,68,88)(H,69,89)(H,70,90)(H,91,92)(H,93,94)(H,95,96)(H,97,98)(H,99,100). The van der Waals surface area contributed by atoms with Crippen LogP contribution in [0.1, 0.15) is 20.8 Å². The third kappa shape index (κ3) is 37.2. The molecule has 3 heterocycles. The average Bonchev–Trinajstić information content (AvgIpc) is 0.866. The molecule has 582 valence electrons. The van der Waals surface area contributed by atoms with Crippen molar-refractivity contribution in [2.24, 2.45) is 5.41 Å². The molecule has 0 aromatic carbocycles. The Kier molecular flexibility index (Phi) is 42.8. The van der Waals surface area contributed by atoms with Crippen molar-refractivity contribution >= 4 is 96.8 Å². The van der Waals surface area contributed by atoms with Crippen LogP contribution in [0.4, 0.5) is 0 Å². The second kappa shape index (κ2) is 49.5. The van der Waals surface area contributed by atoms with Crippen LogP contribution in [0.3, 0.4) is 0 Å². The van der Waals surface area contributed by atoms with Crippen molar-refractivity contribution in [3.05, 3.63) is 0 Å². The third-order valence-electron chi connectivity index (χ3n) is 18.3. The maximum absolute atomic E-state index is 13.9. The summed E-state index contributed by atoms with van der Waals surface area (Å²) in [6, 6.07) is -2.78. The van der Waals surface area contributed by atoms with Crippen LogP contribution in [0, 0.1) is 5.41 Å². The number of nitrogens with zero attached hydrogens (tertiary/aromatic N) is 12. The fourth-order valence-corrected chi connectivity index (χ4v) is 11.8. The number of hydrogen-bond acceptors (Lipinski definition) is 28. The molecule has 0 bridgehead atoms. The highest BCUT2D eigenvalue weighted by atomic mass is 16.4. The van der Waals surface area contributed by atoms with Gasteiger partial charge in [-0.3, -0.25) is 116 Å². The molecule has 0 saturated carbocycles. The number of carbonyl (C=O) groups is 16. The van der Waals surface area contributed by atoms with Gasteiger partial charge in [0.25, 0.3) is 0 Å². The first-order valence-electron chi connectivity index (χ1n) is 34.5. The van der Waals surface area contributed by atoms with Crippen molar-refractivity contribution in [1.82, 2.24) is 96.0 Å². The molecule has 103 heavy (non-hydrogen) atoms. The van der Waals surface area contributed by atoms with Crippen molar-refractivity contribution in [3.63, 3.8) is 0 Å². The van der Waals surface area contributed by atoms with E-state index in [1.165, 1.54) is 0 Å². The number of aliphatic carboxylic acids is 5. The topological polar surface area (TPSA) is 497 Å². The molecular formula is C63H109N19O21. The first kappa shape index (κ1) is 89.1. The average molecular weight is 1470 g/mol. The predicted molar refractivity (Wildman–Crippen MR) is 368 cm³/mol. The molecule has 40 nitrogen and oxygen atoms in total. The lowest BCUT2D eigenvalue weighted by Crippen LogP contribution is -2.58. The maximum atomic E-state index is 13.9. The summed E-state index contributed by atoms with van der Waals surface area (Å²) in [6.45, 7) is 5.40. The lowest BCUT2D eigenvalue weighted by atomic mass is 9.87. The van der Waals surface area contributed by atoms with Crippen LogP contribution in [-0.4, -0.2) is 461 Å². The minimum absolute atomic E-state index is 0.00333. The van der Waals surface area contributed by atoms with Crippen molar-refractivity contribution in [1.29, 1.82) is 0 Å². The molecule has 40 heteroatoms. The quantitative estimate of drug-likeness (QED) is 0.0254. The monoisotopic (exact) mass is 1470 g/mol. The van der Waals surface area contributed by atoms with E-state index in [4.69, 9.17) is 0 Å². The lowest BCUT2D eigenvalue weighted by Gasteiger charge is -2.35. The van der Waals surface area contributed by atoms with Crippen molar-refractivity contribution in [3.8, 4) is 0 Å². The zero-order valence-corrected chi connectivity index (χ0v) is 59.5. The molecule has 3 saturated heterocycles. The van der Waals surface area contributed by atoms with E-state index in [2.05, 4.69) is 37.2 Å². The van der Waals surface area contributed by atoms with Gasteiger partial charge in [0.05, 0.1) is 96.7 Å². The highest BCUT2D eigenvalue weighted by Gasteiger charge is 2.35. The molecule has 0 aromatic heterocycles. The summed E-state index contributed by atoms with van der Waals surface area (Å²) in [5.74, 6) is -9.66. The molecule has 3 unspecified atom stereocenters. The highest BCUT2D eigenvalue weighted by Crippen LogP contribution is 2.15. The van der Waals surface area contributed by atoms with Crippen LogP contribution in [-0.2, 0) is 76.7 Å². The minimum Gasteiger partial charge on any atom is -0.480 e. The SMILES string of the molecule is CC(C(=O)NCC(=O)NCC(CNC=O)(CNC(=O)CNC(=O)C(C)N1CCN(CC=O)CCN(CC(=O)O)CCN(CC(=O)O)CC1)CNC(=O)CNC(=O)C(C)N1CCN(CC=O)CCN(CC(=O)O)CCN(CC(=O)O)CC1)N1CCN(CC=O)CCN(CC=O)CCN(CC(=O)O)CC1. The van der Waals surface area contributed by atoms with Crippen molar-refractivity contribution in [2.45, 2.75) is 38.9 Å². The number of carbonyl (C=O) groups excluding carboxylic acids is 11. The van der Waals surface area contributed by atoms with E-state index in [0.717, 1.165) is 12.6 Å². The van der Waals surface area contributed by atoms with Crippen LogP contribution in [0.15, 0.2) is 0 Å². The number of hydrogen-bond donors (Lipinski definition) is 12. The van der Waals surface area contributed by atoms with Gasteiger partial charge in [-0.25, -0.2) is 0 Å². The van der Waals surface area contributed by atoms with E-state index < -0.39 is 128 Å². The molecule has 7 amide bonds. The van der Waals surface area contributed by atoms with Crippen LogP contribution in [0.5, 0.6) is 0 Å². The fraction of sp³-hybridized carbons (Fsp3) is 0.746. The third-order valence-corrected chi connectivity index (χ3v) is 18.3. The van der Waals surface area contributed by atoms with Crippen molar-refractivity contribution in [2.75, 3.05) is 262 Å². The van der Waals surface area contributed by atoms with Crippen LogP contribution >= 0.6 is 0 Å². The Morgan fingerprint density at radius 3 is 0.689 bits per heavy atom. The van der Waals surface area contributed by atoms with E-state index in [0.29, 0.717) is 45.2 Å². The van der Waals surface area contributed by atoms with E-state index in [1.807, 2.05) is 9.80 Å². The molecular weight excluding hydrogens is 1360 g/mol. The molecule has 3 aliphatic rings. The van der Waals surface area contributed by atoms with Gasteiger partial charge in [0.15, 0.2) is 0 Å². The van der Waals surface area contributed by atoms with E-state index >= 15 is 0 Å². The minimum atomic E-state index is -1.51. The predicted octanol–water partition coefficient (Wildman–Crippen LogP) is -10.5. The van der Waals surface area contributed by atoms with Crippen LogP contribution < -0.4 is 37.2 Å². The summed E-state index contributed by atoms with van der Waals surface area (Å²) < 4.78 is 0. The maximum Gasteiger partial charge on any atom is 0.317 e. The zero-order valence-electron chi connectivity index (χ0n) is 59.5. The molecule has 12 N–H and O–H groups in total. The summed E-state index contributed by atoms with van der Waals surface area (Å²) in [5, 5.41) is 66.7. The molecule has 0 aromatic rings. The second-order valence-corrected chi connectivity index (χ2v) is 25.8. The normalized spacial score (nSPS) is 19.6. The summed E-state index contributed by atoms with van der Waals surface area (Å²) >= 11 is 0. The Morgan fingerprint density at radius 2 is 0.495 bits per heavy atom. The number of amides is 7. The number of carboxylic acids is 5. The molecule has 3 atom stereocenters. The molecule has 3 rings (SSSR count). The van der Waals surface area contributed by atoms with Gasteiger partial charge in [0.2, 0.25) is 41.9 Å². The van der Waals surface area contributed by atoms with Gasteiger partial charge in [0.1, 0.15) is 25.1 Å². The highest BCUT2D eigenvalue weighted by molar-refractivity contribution is 5.89. The largest absolute Gasteiger partial charge is 0.480 e. The first-order chi connectivity index (χ1) is 49.1. The Bertz CT molecular complexity index is 2650. The fourth-order valence-electron chi connectivity index (χ4n) is 11.8. The summed E-state index contributed by atoms with van der Waals surface area (Å²) in [5.41, 5.74) is -1.51. The summed E-state index contributed by atoms with van der Waals surface area (Å²) in [6.07, 6.45) is 3.21. The molecule has 0 aliphatic carbocycles. The summed E-state index contributed by atoms with van der Waals surface area (Å²) in [7, 11) is 0. The van der Waals surface area contributed by atoms with Gasteiger partial charge in [-0.2, -0.15) is 0 Å². The Labute approximate surface area is 599 Å². The van der Waals surface area contributed by atoms with E-state index in [9.17, 15) is 102 Å². The van der Waals surface area contributed by atoms with Gasteiger partial charge in [-0.15, -0.1) is 0 Å². The smallest absolute Gasteiger partial charge is 0.317 e. The van der Waals surface area contributed by atoms with E-state index in [1.54, 1.807) is 69.8 Å². The Balaban J connectivity index is 1.88. The first-order valence-corrected chi connectivity index (χ1v) is 34.5.